The summed E-state index contributed by atoms with van der Waals surface area (Å²) in [6.45, 7) is 12.6. The van der Waals surface area contributed by atoms with Gasteiger partial charge < -0.3 is 15.1 Å². The Balaban J connectivity index is 1.73. The molecule has 1 saturated heterocycles. The summed E-state index contributed by atoms with van der Waals surface area (Å²) in [6, 6.07) is 12.1. The van der Waals surface area contributed by atoms with Crippen molar-refractivity contribution in [2.45, 2.75) is 41.0 Å². The number of rotatable bonds is 6. The fourth-order valence-electron chi connectivity index (χ4n) is 4.14. The minimum absolute atomic E-state index is 0.0103. The Kier molecular flexibility index (Phi) is 6.26. The topological polar surface area (TPSA) is 52.7 Å². The molecule has 1 N–H and O–H groups in total. The third kappa shape index (κ3) is 4.29. The molecule has 0 aromatic heterocycles. The first-order valence-corrected chi connectivity index (χ1v) is 10.4. The average molecular weight is 394 g/mol. The van der Waals surface area contributed by atoms with E-state index in [1.807, 2.05) is 51.1 Å². The van der Waals surface area contributed by atoms with Gasteiger partial charge >= 0.3 is 0 Å². The lowest BCUT2D eigenvalue weighted by molar-refractivity contribution is -0.122. The van der Waals surface area contributed by atoms with E-state index in [0.29, 0.717) is 6.54 Å². The van der Waals surface area contributed by atoms with Crippen molar-refractivity contribution in [2.75, 3.05) is 34.8 Å². The standard InChI is InChI=1S/C24H31N3O2/c1-6-26(7-2)20-11-12-21(18(5)13-20)25-24(29)19-14-22(28)27(15-19)23-16(3)9-8-10-17(23)4/h8-13,19H,6-7,14-15H2,1-5H3,(H,25,29). The van der Waals surface area contributed by atoms with E-state index in [1.54, 1.807) is 4.90 Å². The molecule has 0 spiro atoms. The van der Waals surface area contributed by atoms with Crippen LogP contribution in [-0.4, -0.2) is 31.4 Å². The van der Waals surface area contributed by atoms with E-state index in [1.165, 1.54) is 0 Å². The third-order valence-electron chi connectivity index (χ3n) is 5.80. The van der Waals surface area contributed by atoms with Gasteiger partial charge in [-0.3, -0.25) is 9.59 Å². The Morgan fingerprint density at radius 1 is 1.07 bits per heavy atom. The Hall–Kier alpha value is -2.82. The lowest BCUT2D eigenvalue weighted by Gasteiger charge is -2.23. The van der Waals surface area contributed by atoms with Crippen LogP contribution in [0.4, 0.5) is 17.1 Å². The molecule has 154 valence electrons. The van der Waals surface area contributed by atoms with Crippen molar-refractivity contribution < 1.29 is 9.59 Å². The van der Waals surface area contributed by atoms with Crippen LogP contribution in [0.3, 0.4) is 0 Å². The molecule has 0 bridgehead atoms. The van der Waals surface area contributed by atoms with E-state index in [0.717, 1.165) is 46.8 Å². The van der Waals surface area contributed by atoms with Crippen LogP contribution in [0.25, 0.3) is 0 Å². The summed E-state index contributed by atoms with van der Waals surface area (Å²) in [4.78, 5) is 29.6. The fraction of sp³-hybridized carbons (Fsp3) is 0.417. The van der Waals surface area contributed by atoms with Gasteiger partial charge in [-0.25, -0.2) is 0 Å². The van der Waals surface area contributed by atoms with E-state index >= 15 is 0 Å². The molecule has 3 rings (SSSR count). The monoisotopic (exact) mass is 393 g/mol. The van der Waals surface area contributed by atoms with Crippen LogP contribution in [0.2, 0.25) is 0 Å². The number of nitrogens with zero attached hydrogens (tertiary/aromatic N) is 2. The summed E-state index contributed by atoms with van der Waals surface area (Å²) < 4.78 is 0. The smallest absolute Gasteiger partial charge is 0.229 e. The van der Waals surface area contributed by atoms with Gasteiger partial charge in [-0.15, -0.1) is 0 Å². The molecule has 0 saturated carbocycles. The second kappa shape index (κ2) is 8.68. The van der Waals surface area contributed by atoms with Crippen LogP contribution >= 0.6 is 0 Å². The Bertz CT molecular complexity index is 898. The third-order valence-corrected chi connectivity index (χ3v) is 5.80. The predicted octanol–water partition coefficient (Wildman–Crippen LogP) is 4.45. The highest BCUT2D eigenvalue weighted by molar-refractivity contribution is 6.04. The number of nitrogens with one attached hydrogen (secondary N) is 1. The molecule has 2 aromatic carbocycles. The molecule has 29 heavy (non-hydrogen) atoms. The molecule has 0 aliphatic carbocycles. The maximum atomic E-state index is 12.9. The first kappa shape index (κ1) is 20.9. The van der Waals surface area contributed by atoms with Crippen LogP contribution in [0.1, 0.15) is 37.0 Å². The first-order valence-electron chi connectivity index (χ1n) is 10.4. The number of carbonyl (C=O) groups is 2. The normalized spacial score (nSPS) is 16.2. The van der Waals surface area contributed by atoms with Crippen LogP contribution in [0.5, 0.6) is 0 Å². The van der Waals surface area contributed by atoms with Gasteiger partial charge in [-0.1, -0.05) is 18.2 Å². The number of anilines is 3. The highest BCUT2D eigenvalue weighted by atomic mass is 16.2. The molecule has 1 aliphatic heterocycles. The van der Waals surface area contributed by atoms with Crippen LogP contribution in [0, 0.1) is 26.7 Å². The van der Waals surface area contributed by atoms with Gasteiger partial charge in [0.25, 0.3) is 0 Å². The van der Waals surface area contributed by atoms with Gasteiger partial charge in [0.15, 0.2) is 0 Å². The molecule has 2 amide bonds. The first-order chi connectivity index (χ1) is 13.8. The Labute approximate surface area is 173 Å². The van der Waals surface area contributed by atoms with Crippen molar-refractivity contribution in [2.24, 2.45) is 5.92 Å². The van der Waals surface area contributed by atoms with E-state index in [2.05, 4.69) is 30.1 Å². The highest BCUT2D eigenvalue weighted by Gasteiger charge is 2.36. The van der Waals surface area contributed by atoms with Gasteiger partial charge in [-0.2, -0.15) is 0 Å². The number of benzene rings is 2. The van der Waals surface area contributed by atoms with Gasteiger partial charge in [0.1, 0.15) is 0 Å². The molecule has 1 aliphatic rings. The lowest BCUT2D eigenvalue weighted by Crippen LogP contribution is -2.29. The van der Waals surface area contributed by atoms with E-state index in [4.69, 9.17) is 0 Å². The second-order valence-electron chi connectivity index (χ2n) is 7.81. The molecule has 5 nitrogen and oxygen atoms in total. The van der Waals surface area contributed by atoms with Gasteiger partial charge in [0.05, 0.1) is 5.92 Å². The van der Waals surface area contributed by atoms with E-state index < -0.39 is 0 Å². The molecule has 0 radical (unpaired) electrons. The summed E-state index contributed by atoms with van der Waals surface area (Å²) in [6.07, 6.45) is 0.246. The number of hydrogen-bond donors (Lipinski definition) is 1. The van der Waals surface area contributed by atoms with E-state index in [9.17, 15) is 9.59 Å². The maximum Gasteiger partial charge on any atom is 0.229 e. The summed E-state index contributed by atoms with van der Waals surface area (Å²) in [7, 11) is 0. The van der Waals surface area contributed by atoms with Crippen molar-refractivity contribution in [1.29, 1.82) is 0 Å². The Morgan fingerprint density at radius 3 is 2.31 bits per heavy atom. The molecule has 1 heterocycles. The van der Waals surface area contributed by atoms with Crippen molar-refractivity contribution in [3.05, 3.63) is 53.1 Å². The largest absolute Gasteiger partial charge is 0.372 e. The number of amides is 2. The molecule has 1 fully saturated rings. The second-order valence-corrected chi connectivity index (χ2v) is 7.81. The molecule has 1 unspecified atom stereocenters. The van der Waals surface area contributed by atoms with Crippen molar-refractivity contribution in [1.82, 2.24) is 0 Å². The molecule has 1 atom stereocenters. The molecular formula is C24H31N3O2. The zero-order valence-electron chi connectivity index (χ0n) is 18.1. The lowest BCUT2D eigenvalue weighted by atomic mass is 10.1. The van der Waals surface area contributed by atoms with Gasteiger partial charge in [0.2, 0.25) is 11.8 Å². The van der Waals surface area contributed by atoms with Crippen molar-refractivity contribution in [3.63, 3.8) is 0 Å². The summed E-state index contributed by atoms with van der Waals surface area (Å²) in [5.41, 5.74) is 6.04. The fourth-order valence-corrected chi connectivity index (χ4v) is 4.14. The molecular weight excluding hydrogens is 362 g/mol. The predicted molar refractivity (Wildman–Crippen MR) is 120 cm³/mol. The van der Waals surface area contributed by atoms with Crippen molar-refractivity contribution in [3.8, 4) is 0 Å². The zero-order chi connectivity index (χ0) is 21.1. The summed E-state index contributed by atoms with van der Waals surface area (Å²) in [5, 5.41) is 3.04. The van der Waals surface area contributed by atoms with Gasteiger partial charge in [0, 0.05) is 43.1 Å². The Morgan fingerprint density at radius 2 is 1.72 bits per heavy atom. The number of hydrogen-bond acceptors (Lipinski definition) is 3. The zero-order valence-corrected chi connectivity index (χ0v) is 18.1. The highest BCUT2D eigenvalue weighted by Crippen LogP contribution is 2.31. The van der Waals surface area contributed by atoms with Crippen molar-refractivity contribution >= 4 is 28.9 Å². The maximum absolute atomic E-state index is 12.9. The molecule has 5 heteroatoms. The summed E-state index contributed by atoms with van der Waals surface area (Å²) >= 11 is 0. The van der Waals surface area contributed by atoms with Crippen LogP contribution < -0.4 is 15.1 Å². The number of aryl methyl sites for hydroxylation is 3. The average Bonchev–Trinajstić information content (AvgIpc) is 3.06. The SMILES string of the molecule is CCN(CC)c1ccc(NC(=O)C2CC(=O)N(c3c(C)cccc3C)C2)c(C)c1. The van der Waals surface area contributed by atoms with Crippen LogP contribution in [-0.2, 0) is 9.59 Å². The quantitative estimate of drug-likeness (QED) is 0.789. The van der Waals surface area contributed by atoms with Gasteiger partial charge in [-0.05, 0) is 69.5 Å². The minimum Gasteiger partial charge on any atom is -0.372 e. The number of carbonyl (C=O) groups excluding carboxylic acids is 2. The summed E-state index contributed by atoms with van der Waals surface area (Å²) in [5.74, 6) is -0.426. The van der Waals surface area contributed by atoms with E-state index in [-0.39, 0.29) is 24.2 Å². The van der Waals surface area contributed by atoms with Crippen LogP contribution in [0.15, 0.2) is 36.4 Å². The number of para-hydroxylation sites is 1. The molecule has 2 aromatic rings. The minimum atomic E-state index is -0.344.